The first-order valence-electron chi connectivity index (χ1n) is 9.58. The molecule has 1 aliphatic heterocycles. The van der Waals surface area contributed by atoms with E-state index in [0.29, 0.717) is 21.9 Å². The van der Waals surface area contributed by atoms with E-state index in [4.69, 9.17) is 43.1 Å². The van der Waals surface area contributed by atoms with Crippen LogP contribution in [0, 0.1) is 17.1 Å². The Morgan fingerprint density at radius 1 is 1.28 bits per heavy atom. The summed E-state index contributed by atoms with van der Waals surface area (Å²) in [5.74, 6) is -1.55. The van der Waals surface area contributed by atoms with Gasteiger partial charge >= 0.3 is 5.97 Å². The van der Waals surface area contributed by atoms with Crippen LogP contribution in [0.4, 0.5) is 4.39 Å². The molecule has 0 amide bonds. The number of allylic oxidation sites excluding steroid dienone is 2. The van der Waals surface area contributed by atoms with Crippen LogP contribution in [0.3, 0.4) is 0 Å². The lowest BCUT2D eigenvalue weighted by Crippen LogP contribution is -2.26. The molecule has 0 saturated carbocycles. The second kappa shape index (κ2) is 9.94. The summed E-state index contributed by atoms with van der Waals surface area (Å²) in [5, 5.41) is 10.3. The summed E-state index contributed by atoms with van der Waals surface area (Å²) in [6.45, 7) is 3.32. The SMILES string of the molecule is CCOC(=O)C1=C(C)OC(N)=C(C#N)C1c1c(Cl)cc(Cl)cc1COc1ccc(F)cc1. The van der Waals surface area contributed by atoms with E-state index < -0.39 is 17.7 Å². The van der Waals surface area contributed by atoms with Crippen molar-refractivity contribution in [1.29, 1.82) is 5.26 Å². The number of ether oxygens (including phenoxy) is 3. The zero-order valence-corrected chi connectivity index (χ0v) is 18.8. The van der Waals surface area contributed by atoms with Gasteiger partial charge < -0.3 is 19.9 Å². The molecule has 2 aromatic carbocycles. The predicted octanol–water partition coefficient (Wildman–Crippen LogP) is 5.36. The Labute approximate surface area is 194 Å². The number of halogens is 3. The summed E-state index contributed by atoms with van der Waals surface area (Å²) in [5.41, 5.74) is 6.99. The van der Waals surface area contributed by atoms with E-state index in [9.17, 15) is 14.4 Å². The van der Waals surface area contributed by atoms with Gasteiger partial charge in [0.25, 0.3) is 0 Å². The topological polar surface area (TPSA) is 94.6 Å². The molecule has 166 valence electrons. The molecule has 1 aliphatic rings. The summed E-state index contributed by atoms with van der Waals surface area (Å²) in [6, 6.07) is 10.6. The minimum Gasteiger partial charge on any atom is -0.489 e. The van der Waals surface area contributed by atoms with Crippen LogP contribution in [0.25, 0.3) is 0 Å². The normalized spacial score (nSPS) is 15.8. The van der Waals surface area contributed by atoms with Gasteiger partial charge in [-0.3, -0.25) is 0 Å². The van der Waals surface area contributed by atoms with Gasteiger partial charge in [-0.2, -0.15) is 5.26 Å². The van der Waals surface area contributed by atoms with Crippen molar-refractivity contribution >= 4 is 29.2 Å². The van der Waals surface area contributed by atoms with Crippen molar-refractivity contribution in [2.75, 3.05) is 6.61 Å². The minimum absolute atomic E-state index is 0.00547. The second-order valence-electron chi connectivity index (χ2n) is 6.82. The Morgan fingerprint density at radius 3 is 2.59 bits per heavy atom. The molecule has 1 atom stereocenters. The van der Waals surface area contributed by atoms with Crippen LogP contribution in [0.2, 0.25) is 10.0 Å². The van der Waals surface area contributed by atoms with E-state index in [2.05, 4.69) is 0 Å². The van der Waals surface area contributed by atoms with Gasteiger partial charge in [0.15, 0.2) is 0 Å². The summed E-state index contributed by atoms with van der Waals surface area (Å²) in [4.78, 5) is 12.8. The molecule has 2 aromatic rings. The first-order chi connectivity index (χ1) is 15.3. The van der Waals surface area contributed by atoms with Crippen molar-refractivity contribution in [1.82, 2.24) is 0 Å². The van der Waals surface area contributed by atoms with Crippen molar-refractivity contribution in [2.45, 2.75) is 26.4 Å². The highest BCUT2D eigenvalue weighted by Crippen LogP contribution is 2.44. The van der Waals surface area contributed by atoms with Gasteiger partial charge in [0.05, 0.1) is 18.1 Å². The molecule has 2 N–H and O–H groups in total. The maximum Gasteiger partial charge on any atom is 0.338 e. The summed E-state index contributed by atoms with van der Waals surface area (Å²) in [7, 11) is 0. The number of carbonyl (C=O) groups excluding carboxylic acids is 1. The summed E-state index contributed by atoms with van der Waals surface area (Å²) >= 11 is 12.8. The molecule has 0 bridgehead atoms. The Hall–Kier alpha value is -3.21. The monoisotopic (exact) mass is 476 g/mol. The van der Waals surface area contributed by atoms with Crippen molar-refractivity contribution < 1.29 is 23.4 Å². The fourth-order valence-corrected chi connectivity index (χ4v) is 4.06. The highest BCUT2D eigenvalue weighted by Gasteiger charge is 2.38. The molecule has 6 nitrogen and oxygen atoms in total. The number of carbonyl (C=O) groups is 1. The third-order valence-corrected chi connectivity index (χ3v) is 5.31. The van der Waals surface area contributed by atoms with Crippen LogP contribution in [0.1, 0.15) is 30.9 Å². The van der Waals surface area contributed by atoms with Crippen molar-refractivity contribution in [2.24, 2.45) is 5.73 Å². The number of hydrogen-bond acceptors (Lipinski definition) is 6. The molecule has 0 aromatic heterocycles. The van der Waals surface area contributed by atoms with E-state index in [1.165, 1.54) is 30.3 Å². The Balaban J connectivity index is 2.13. The average molecular weight is 477 g/mol. The quantitative estimate of drug-likeness (QED) is 0.564. The van der Waals surface area contributed by atoms with E-state index in [-0.39, 0.29) is 41.0 Å². The maximum atomic E-state index is 13.2. The molecular formula is C23H19Cl2FN2O4. The molecule has 0 aliphatic carbocycles. The highest BCUT2D eigenvalue weighted by molar-refractivity contribution is 6.35. The van der Waals surface area contributed by atoms with Gasteiger partial charge in [0, 0.05) is 10.0 Å². The highest BCUT2D eigenvalue weighted by atomic mass is 35.5. The van der Waals surface area contributed by atoms with Crippen LogP contribution in [0.15, 0.2) is 59.2 Å². The third-order valence-electron chi connectivity index (χ3n) is 4.78. The van der Waals surface area contributed by atoms with Gasteiger partial charge in [-0.05, 0) is 61.4 Å². The maximum absolute atomic E-state index is 13.2. The fourth-order valence-electron chi connectivity index (χ4n) is 3.42. The third kappa shape index (κ3) is 4.82. The Kier molecular flexibility index (Phi) is 7.29. The summed E-state index contributed by atoms with van der Waals surface area (Å²) < 4.78 is 29.6. The van der Waals surface area contributed by atoms with Gasteiger partial charge in [-0.15, -0.1) is 0 Å². The van der Waals surface area contributed by atoms with Crippen LogP contribution in [0.5, 0.6) is 5.75 Å². The van der Waals surface area contributed by atoms with E-state index in [1.807, 2.05) is 6.07 Å². The van der Waals surface area contributed by atoms with Crippen molar-refractivity contribution in [3.05, 3.63) is 86.2 Å². The van der Waals surface area contributed by atoms with Gasteiger partial charge in [-0.25, -0.2) is 9.18 Å². The lowest BCUT2D eigenvalue weighted by molar-refractivity contribution is -0.139. The molecule has 1 heterocycles. The molecule has 3 rings (SSSR count). The second-order valence-corrected chi connectivity index (χ2v) is 7.66. The fraction of sp³-hybridized carbons (Fsp3) is 0.217. The van der Waals surface area contributed by atoms with Crippen LogP contribution in [-0.2, 0) is 20.9 Å². The standard InChI is InChI=1S/C23H19Cl2FN2O4/c1-3-30-23(29)19-12(2)32-22(28)17(10-27)21(19)20-13(8-14(24)9-18(20)25)11-31-16-6-4-15(26)5-7-16/h4-9,21H,3,11,28H2,1-2H3. The number of rotatable bonds is 6. The molecular weight excluding hydrogens is 458 g/mol. The Morgan fingerprint density at radius 2 is 1.97 bits per heavy atom. The largest absolute Gasteiger partial charge is 0.489 e. The summed E-state index contributed by atoms with van der Waals surface area (Å²) in [6.07, 6.45) is 0. The van der Waals surface area contributed by atoms with Crippen LogP contribution in [-0.4, -0.2) is 12.6 Å². The predicted molar refractivity (Wildman–Crippen MR) is 117 cm³/mol. The molecule has 0 saturated heterocycles. The zero-order valence-electron chi connectivity index (χ0n) is 17.2. The number of nitrogens with zero attached hydrogens (tertiary/aromatic N) is 1. The van der Waals surface area contributed by atoms with Gasteiger partial charge in [-0.1, -0.05) is 23.2 Å². The molecule has 0 fully saturated rings. The number of hydrogen-bond donors (Lipinski definition) is 1. The molecule has 0 radical (unpaired) electrons. The average Bonchev–Trinajstić information content (AvgIpc) is 2.72. The molecule has 32 heavy (non-hydrogen) atoms. The first-order valence-corrected chi connectivity index (χ1v) is 10.3. The van der Waals surface area contributed by atoms with Crippen molar-refractivity contribution in [3.63, 3.8) is 0 Å². The van der Waals surface area contributed by atoms with Gasteiger partial charge in [0.1, 0.15) is 35.6 Å². The van der Waals surface area contributed by atoms with E-state index in [1.54, 1.807) is 19.9 Å². The van der Waals surface area contributed by atoms with Crippen molar-refractivity contribution in [3.8, 4) is 11.8 Å². The first kappa shape index (κ1) is 23.5. The Bertz CT molecular complexity index is 1150. The lowest BCUT2D eigenvalue weighted by Gasteiger charge is -2.29. The number of nitriles is 1. The number of nitrogens with two attached hydrogens (primary N) is 1. The minimum atomic E-state index is -0.954. The van der Waals surface area contributed by atoms with Crippen LogP contribution >= 0.6 is 23.2 Å². The molecule has 1 unspecified atom stereocenters. The number of esters is 1. The molecule has 0 spiro atoms. The number of benzene rings is 2. The van der Waals surface area contributed by atoms with E-state index in [0.717, 1.165) is 0 Å². The van der Waals surface area contributed by atoms with Gasteiger partial charge in [0.2, 0.25) is 5.88 Å². The van der Waals surface area contributed by atoms with Crippen LogP contribution < -0.4 is 10.5 Å². The molecule has 9 heteroatoms. The zero-order chi connectivity index (χ0) is 23.4. The van der Waals surface area contributed by atoms with E-state index >= 15 is 0 Å². The lowest BCUT2D eigenvalue weighted by atomic mass is 9.81. The smallest absolute Gasteiger partial charge is 0.338 e.